The molecule has 5 nitrogen and oxygen atoms in total. The number of hydrogen-bond acceptors (Lipinski definition) is 6. The molecule has 2 N–H and O–H groups in total. The zero-order chi connectivity index (χ0) is 13.1. The molecule has 0 unspecified atom stereocenters. The van der Waals surface area contributed by atoms with Crippen molar-refractivity contribution in [2.45, 2.75) is 6.54 Å². The molecule has 3 rings (SSSR count). The summed E-state index contributed by atoms with van der Waals surface area (Å²) >= 11 is 1.59. The van der Waals surface area contributed by atoms with Gasteiger partial charge in [0.25, 0.3) is 0 Å². The molecule has 0 aliphatic rings. The lowest BCUT2D eigenvalue weighted by molar-refractivity contribution is 0.384. The average Bonchev–Trinajstić information content (AvgIpc) is 3.09. The predicted octanol–water partition coefficient (Wildman–Crippen LogP) is 3.12. The smallest absolute Gasteiger partial charge is 0.246 e. The number of phenolic OH excluding ortho intramolecular Hbond substituents is 1. The maximum absolute atomic E-state index is 9.18. The molecule has 0 amide bonds. The van der Waals surface area contributed by atoms with Crippen molar-refractivity contribution in [3.8, 4) is 17.1 Å². The van der Waals surface area contributed by atoms with Crippen molar-refractivity contribution in [2.24, 2.45) is 0 Å². The van der Waals surface area contributed by atoms with Gasteiger partial charge in [-0.2, -0.15) is 16.3 Å². The number of aromatic nitrogens is 2. The topological polar surface area (TPSA) is 71.2 Å². The van der Waals surface area contributed by atoms with Crippen LogP contribution >= 0.6 is 11.3 Å². The Morgan fingerprint density at radius 2 is 2.05 bits per heavy atom. The van der Waals surface area contributed by atoms with E-state index >= 15 is 0 Å². The summed E-state index contributed by atoms with van der Waals surface area (Å²) in [6, 6.07) is 8.75. The van der Waals surface area contributed by atoms with Crippen LogP contribution in [0.5, 0.6) is 5.75 Å². The lowest BCUT2D eigenvalue weighted by Gasteiger charge is -2.02. The van der Waals surface area contributed by atoms with Gasteiger partial charge >= 0.3 is 0 Å². The molecule has 0 radical (unpaired) electrons. The number of aromatic hydroxyl groups is 1. The van der Waals surface area contributed by atoms with Crippen LogP contribution in [0.3, 0.4) is 0 Å². The number of benzene rings is 1. The monoisotopic (exact) mass is 273 g/mol. The van der Waals surface area contributed by atoms with Gasteiger partial charge in [-0.1, -0.05) is 5.16 Å². The van der Waals surface area contributed by atoms with Crippen LogP contribution in [0, 0.1) is 0 Å². The summed E-state index contributed by atoms with van der Waals surface area (Å²) < 4.78 is 5.17. The SMILES string of the molecule is Oc1ccc(NCc2nc(-c3ccsc3)no2)cc1. The molecule has 3 aromatic rings. The molecule has 0 saturated heterocycles. The second-order valence-electron chi connectivity index (χ2n) is 3.92. The third-order valence-corrected chi connectivity index (χ3v) is 3.24. The number of thiophene rings is 1. The fourth-order valence-corrected chi connectivity index (χ4v) is 2.23. The van der Waals surface area contributed by atoms with Gasteiger partial charge in [-0.3, -0.25) is 0 Å². The quantitative estimate of drug-likeness (QED) is 0.715. The number of nitrogens with one attached hydrogen (secondary N) is 1. The van der Waals surface area contributed by atoms with Crippen LogP contribution in [-0.2, 0) is 6.54 Å². The molecule has 19 heavy (non-hydrogen) atoms. The zero-order valence-corrected chi connectivity index (χ0v) is 10.7. The van der Waals surface area contributed by atoms with E-state index < -0.39 is 0 Å². The molecule has 0 atom stereocenters. The summed E-state index contributed by atoms with van der Waals surface area (Å²) in [5.74, 6) is 1.36. The second kappa shape index (κ2) is 5.11. The van der Waals surface area contributed by atoms with E-state index in [0.717, 1.165) is 11.3 Å². The van der Waals surface area contributed by atoms with Crippen molar-refractivity contribution in [3.63, 3.8) is 0 Å². The van der Waals surface area contributed by atoms with Gasteiger partial charge in [-0.25, -0.2) is 0 Å². The van der Waals surface area contributed by atoms with Crippen LogP contribution in [0.1, 0.15) is 5.89 Å². The normalized spacial score (nSPS) is 10.5. The van der Waals surface area contributed by atoms with Crippen molar-refractivity contribution < 1.29 is 9.63 Å². The Labute approximate surface area is 113 Å². The van der Waals surface area contributed by atoms with Crippen molar-refractivity contribution in [1.29, 1.82) is 0 Å². The number of nitrogens with zero attached hydrogens (tertiary/aromatic N) is 2. The fourth-order valence-electron chi connectivity index (χ4n) is 1.59. The first kappa shape index (κ1) is 11.7. The lowest BCUT2D eigenvalue weighted by atomic mass is 10.3. The van der Waals surface area contributed by atoms with E-state index in [4.69, 9.17) is 4.52 Å². The minimum Gasteiger partial charge on any atom is -0.508 e. The van der Waals surface area contributed by atoms with Crippen LogP contribution < -0.4 is 5.32 Å². The Bertz CT molecular complexity index is 647. The van der Waals surface area contributed by atoms with Gasteiger partial charge in [0.1, 0.15) is 5.75 Å². The van der Waals surface area contributed by atoms with Crippen molar-refractivity contribution in [2.75, 3.05) is 5.32 Å². The molecular formula is C13H11N3O2S. The molecule has 0 aliphatic heterocycles. The highest BCUT2D eigenvalue weighted by Crippen LogP contribution is 2.19. The van der Waals surface area contributed by atoms with E-state index in [2.05, 4.69) is 15.5 Å². The van der Waals surface area contributed by atoms with Crippen LogP contribution in [0.2, 0.25) is 0 Å². The zero-order valence-electron chi connectivity index (χ0n) is 9.91. The number of rotatable bonds is 4. The molecule has 96 valence electrons. The summed E-state index contributed by atoms with van der Waals surface area (Å²) in [5.41, 5.74) is 1.85. The first-order valence-electron chi connectivity index (χ1n) is 5.69. The van der Waals surface area contributed by atoms with E-state index in [-0.39, 0.29) is 5.75 Å². The molecule has 1 aromatic carbocycles. The number of phenols is 1. The highest BCUT2D eigenvalue weighted by molar-refractivity contribution is 7.08. The lowest BCUT2D eigenvalue weighted by Crippen LogP contribution is -1.99. The van der Waals surface area contributed by atoms with Crippen LogP contribution in [0.25, 0.3) is 11.4 Å². The molecule has 2 heterocycles. The molecule has 0 spiro atoms. The Morgan fingerprint density at radius 3 is 2.79 bits per heavy atom. The Morgan fingerprint density at radius 1 is 1.21 bits per heavy atom. The van der Waals surface area contributed by atoms with E-state index in [1.54, 1.807) is 35.6 Å². The maximum Gasteiger partial charge on any atom is 0.246 e. The van der Waals surface area contributed by atoms with Gasteiger partial charge in [-0.05, 0) is 35.7 Å². The van der Waals surface area contributed by atoms with E-state index in [1.165, 1.54) is 0 Å². The third kappa shape index (κ3) is 2.74. The summed E-state index contributed by atoms with van der Waals surface area (Å²) in [4.78, 5) is 4.30. The van der Waals surface area contributed by atoms with Crippen molar-refractivity contribution in [1.82, 2.24) is 10.1 Å². The Hall–Kier alpha value is -2.34. The standard InChI is InChI=1S/C13H11N3O2S/c17-11-3-1-10(2-4-11)14-7-12-15-13(16-18-12)9-5-6-19-8-9/h1-6,8,14,17H,7H2. The van der Waals surface area contributed by atoms with E-state index in [1.807, 2.05) is 16.8 Å². The maximum atomic E-state index is 9.18. The first-order valence-corrected chi connectivity index (χ1v) is 6.63. The van der Waals surface area contributed by atoms with Gasteiger partial charge in [0, 0.05) is 16.6 Å². The van der Waals surface area contributed by atoms with Gasteiger partial charge in [0.05, 0.1) is 6.54 Å². The number of anilines is 1. The predicted molar refractivity (Wildman–Crippen MR) is 73.0 cm³/mol. The van der Waals surface area contributed by atoms with E-state index in [0.29, 0.717) is 18.3 Å². The fraction of sp³-hybridized carbons (Fsp3) is 0.0769. The minimum atomic E-state index is 0.239. The van der Waals surface area contributed by atoms with Crippen LogP contribution in [0.15, 0.2) is 45.6 Å². The van der Waals surface area contributed by atoms with Crippen molar-refractivity contribution >= 4 is 17.0 Å². The molecule has 0 bridgehead atoms. The molecule has 0 saturated carbocycles. The molecule has 6 heteroatoms. The highest BCUT2D eigenvalue weighted by Gasteiger charge is 2.08. The molecule has 0 aliphatic carbocycles. The largest absolute Gasteiger partial charge is 0.508 e. The van der Waals surface area contributed by atoms with Gasteiger partial charge < -0.3 is 14.9 Å². The van der Waals surface area contributed by atoms with Gasteiger partial charge in [0.15, 0.2) is 0 Å². The van der Waals surface area contributed by atoms with Crippen LogP contribution in [0.4, 0.5) is 5.69 Å². The Kier molecular flexibility index (Phi) is 3.16. The third-order valence-electron chi connectivity index (χ3n) is 2.56. The van der Waals surface area contributed by atoms with Gasteiger partial charge in [0.2, 0.25) is 11.7 Å². The highest BCUT2D eigenvalue weighted by atomic mass is 32.1. The number of hydrogen-bond donors (Lipinski definition) is 2. The molecule has 2 aromatic heterocycles. The Balaban J connectivity index is 1.66. The second-order valence-corrected chi connectivity index (χ2v) is 4.70. The molecular weight excluding hydrogens is 262 g/mol. The average molecular weight is 273 g/mol. The summed E-state index contributed by atoms with van der Waals surface area (Å²) in [6.07, 6.45) is 0. The summed E-state index contributed by atoms with van der Waals surface area (Å²) in [7, 11) is 0. The van der Waals surface area contributed by atoms with Crippen LogP contribution in [-0.4, -0.2) is 15.2 Å². The minimum absolute atomic E-state index is 0.239. The summed E-state index contributed by atoms with van der Waals surface area (Å²) in [5, 5.41) is 20.2. The van der Waals surface area contributed by atoms with Gasteiger partial charge in [-0.15, -0.1) is 0 Å². The summed E-state index contributed by atoms with van der Waals surface area (Å²) in [6.45, 7) is 0.446. The first-order chi connectivity index (χ1) is 9.31. The van der Waals surface area contributed by atoms with Crippen molar-refractivity contribution in [3.05, 3.63) is 47.0 Å². The van der Waals surface area contributed by atoms with E-state index in [9.17, 15) is 5.11 Å². The molecule has 0 fully saturated rings.